The van der Waals surface area contributed by atoms with E-state index in [1.165, 1.54) is 30.4 Å². The molecule has 4 nitrogen and oxygen atoms in total. The zero-order chi connectivity index (χ0) is 19.8. The molecule has 0 N–H and O–H groups in total. The highest BCUT2D eigenvalue weighted by atomic mass is 16.2. The van der Waals surface area contributed by atoms with Gasteiger partial charge in [-0.3, -0.25) is 4.79 Å². The number of carbonyl (C=O) groups excluding carboxylic acids is 1. The monoisotopic (exact) mass is 387 g/mol. The van der Waals surface area contributed by atoms with Crippen LogP contribution in [0.5, 0.6) is 0 Å². The van der Waals surface area contributed by atoms with Crippen LogP contribution in [-0.4, -0.2) is 32.9 Å². The second kappa shape index (κ2) is 7.66. The van der Waals surface area contributed by atoms with E-state index in [2.05, 4.69) is 58.9 Å². The van der Waals surface area contributed by atoms with Crippen molar-refractivity contribution in [1.82, 2.24) is 14.5 Å². The molecule has 1 saturated heterocycles. The summed E-state index contributed by atoms with van der Waals surface area (Å²) in [6, 6.07) is 17.5. The SMILES string of the molecule is Cc1cccc(Cn2c(C3CC(=O)N(C4CCCCC4)C3)nc3ccccc32)c1. The van der Waals surface area contributed by atoms with Gasteiger partial charge in [0, 0.05) is 31.5 Å². The molecule has 1 saturated carbocycles. The first-order valence-corrected chi connectivity index (χ1v) is 11.0. The smallest absolute Gasteiger partial charge is 0.223 e. The van der Waals surface area contributed by atoms with Crippen molar-refractivity contribution in [3.05, 3.63) is 65.5 Å². The first-order valence-electron chi connectivity index (χ1n) is 11.0. The molecule has 0 spiro atoms. The number of hydrogen-bond acceptors (Lipinski definition) is 2. The molecule has 0 bridgehead atoms. The van der Waals surface area contributed by atoms with Gasteiger partial charge in [-0.05, 0) is 37.5 Å². The topological polar surface area (TPSA) is 38.1 Å². The van der Waals surface area contributed by atoms with Crippen LogP contribution in [0.3, 0.4) is 0 Å². The number of nitrogens with zero attached hydrogens (tertiary/aromatic N) is 3. The van der Waals surface area contributed by atoms with Crippen molar-refractivity contribution in [3.8, 4) is 0 Å². The lowest BCUT2D eigenvalue weighted by Crippen LogP contribution is -2.37. The number of rotatable bonds is 4. The maximum Gasteiger partial charge on any atom is 0.223 e. The number of aromatic nitrogens is 2. The molecule has 3 aromatic rings. The Labute approximate surface area is 172 Å². The first-order chi connectivity index (χ1) is 14.2. The van der Waals surface area contributed by atoms with Crippen molar-refractivity contribution in [2.45, 2.75) is 64.0 Å². The van der Waals surface area contributed by atoms with E-state index in [9.17, 15) is 4.79 Å². The third-order valence-electron chi connectivity index (χ3n) is 6.65. The fraction of sp³-hybridized carbons (Fsp3) is 0.440. The molecular formula is C25H29N3O. The Bertz CT molecular complexity index is 1030. The first kappa shape index (κ1) is 18.4. The average molecular weight is 388 g/mol. The largest absolute Gasteiger partial charge is 0.339 e. The van der Waals surface area contributed by atoms with Crippen molar-refractivity contribution in [3.63, 3.8) is 0 Å². The van der Waals surface area contributed by atoms with Gasteiger partial charge in [-0.1, -0.05) is 61.2 Å². The fourth-order valence-corrected chi connectivity index (χ4v) is 5.22. The number of imidazole rings is 1. The van der Waals surface area contributed by atoms with Gasteiger partial charge in [-0.15, -0.1) is 0 Å². The quantitative estimate of drug-likeness (QED) is 0.629. The lowest BCUT2D eigenvalue weighted by atomic mass is 9.94. The van der Waals surface area contributed by atoms with E-state index in [4.69, 9.17) is 4.98 Å². The molecule has 5 rings (SSSR count). The highest BCUT2D eigenvalue weighted by molar-refractivity contribution is 5.81. The van der Waals surface area contributed by atoms with Crippen LogP contribution in [0, 0.1) is 6.92 Å². The molecule has 4 heteroatoms. The third kappa shape index (κ3) is 3.57. The summed E-state index contributed by atoms with van der Waals surface area (Å²) in [6.45, 7) is 3.75. The van der Waals surface area contributed by atoms with E-state index < -0.39 is 0 Å². The number of hydrogen-bond donors (Lipinski definition) is 0. The Morgan fingerprint density at radius 2 is 1.86 bits per heavy atom. The molecule has 1 aliphatic carbocycles. The van der Waals surface area contributed by atoms with Crippen molar-refractivity contribution >= 4 is 16.9 Å². The standard InChI is InChI=1S/C25H29N3O/c1-18-8-7-9-19(14-18)16-28-23-13-6-5-12-22(23)26-25(28)20-15-24(29)27(17-20)21-10-3-2-4-11-21/h5-9,12-14,20-21H,2-4,10-11,15-17H2,1H3. The van der Waals surface area contributed by atoms with Crippen molar-refractivity contribution in [2.24, 2.45) is 0 Å². The molecule has 2 fully saturated rings. The zero-order valence-electron chi connectivity index (χ0n) is 17.2. The Hall–Kier alpha value is -2.62. The Morgan fingerprint density at radius 3 is 2.69 bits per heavy atom. The van der Waals surface area contributed by atoms with Gasteiger partial charge in [0.2, 0.25) is 5.91 Å². The summed E-state index contributed by atoms with van der Waals surface area (Å²) < 4.78 is 2.34. The van der Waals surface area contributed by atoms with Crippen LogP contribution in [0.2, 0.25) is 0 Å². The summed E-state index contributed by atoms with van der Waals surface area (Å²) in [5.74, 6) is 1.57. The van der Waals surface area contributed by atoms with Crippen LogP contribution in [0.1, 0.15) is 61.4 Å². The zero-order valence-corrected chi connectivity index (χ0v) is 17.2. The second-order valence-electron chi connectivity index (χ2n) is 8.77. The number of aryl methyl sites for hydroxylation is 1. The van der Waals surface area contributed by atoms with Crippen LogP contribution in [0.25, 0.3) is 11.0 Å². The van der Waals surface area contributed by atoms with Crippen molar-refractivity contribution in [2.75, 3.05) is 6.54 Å². The molecule has 1 amide bonds. The van der Waals surface area contributed by atoms with Gasteiger partial charge in [-0.2, -0.15) is 0 Å². The molecule has 1 atom stereocenters. The Morgan fingerprint density at radius 1 is 1.03 bits per heavy atom. The molecule has 0 radical (unpaired) electrons. The van der Waals surface area contributed by atoms with Gasteiger partial charge in [0.05, 0.1) is 11.0 Å². The third-order valence-corrected chi connectivity index (χ3v) is 6.65. The highest BCUT2D eigenvalue weighted by Gasteiger charge is 2.37. The fourth-order valence-electron chi connectivity index (χ4n) is 5.22. The Kier molecular flexibility index (Phi) is 4.86. The summed E-state index contributed by atoms with van der Waals surface area (Å²) in [6.07, 6.45) is 6.74. The van der Waals surface area contributed by atoms with Gasteiger partial charge in [0.25, 0.3) is 0 Å². The number of likely N-dealkylation sites (tertiary alicyclic amines) is 1. The van der Waals surface area contributed by atoms with Gasteiger partial charge in [0.15, 0.2) is 0 Å². The molecule has 2 aromatic carbocycles. The summed E-state index contributed by atoms with van der Waals surface area (Å²) in [7, 11) is 0. The highest BCUT2D eigenvalue weighted by Crippen LogP contribution is 2.34. The molecule has 150 valence electrons. The minimum atomic E-state index is 0.182. The maximum absolute atomic E-state index is 12.9. The molecule has 1 unspecified atom stereocenters. The maximum atomic E-state index is 12.9. The molecule has 1 aliphatic heterocycles. The second-order valence-corrected chi connectivity index (χ2v) is 8.77. The van der Waals surface area contributed by atoms with Crippen molar-refractivity contribution < 1.29 is 4.79 Å². The number of benzene rings is 2. The van der Waals surface area contributed by atoms with Crippen LogP contribution in [0.4, 0.5) is 0 Å². The molecule has 1 aromatic heterocycles. The van der Waals surface area contributed by atoms with E-state index in [0.29, 0.717) is 18.4 Å². The van der Waals surface area contributed by atoms with E-state index >= 15 is 0 Å². The number of amides is 1. The van der Waals surface area contributed by atoms with E-state index in [-0.39, 0.29) is 5.92 Å². The van der Waals surface area contributed by atoms with Crippen LogP contribution < -0.4 is 0 Å². The van der Waals surface area contributed by atoms with Gasteiger partial charge >= 0.3 is 0 Å². The molecule has 29 heavy (non-hydrogen) atoms. The summed E-state index contributed by atoms with van der Waals surface area (Å²) in [5.41, 5.74) is 4.74. The number of carbonyl (C=O) groups is 1. The normalized spacial score (nSPS) is 20.7. The summed E-state index contributed by atoms with van der Waals surface area (Å²) in [5, 5.41) is 0. The minimum Gasteiger partial charge on any atom is -0.339 e. The van der Waals surface area contributed by atoms with Crippen LogP contribution in [-0.2, 0) is 11.3 Å². The van der Waals surface area contributed by atoms with Crippen LogP contribution in [0.15, 0.2) is 48.5 Å². The summed E-state index contributed by atoms with van der Waals surface area (Å²) >= 11 is 0. The van der Waals surface area contributed by atoms with E-state index in [1.807, 2.05) is 6.07 Å². The lowest BCUT2D eigenvalue weighted by Gasteiger charge is -2.31. The predicted octanol–water partition coefficient (Wildman–Crippen LogP) is 5.04. The predicted molar refractivity (Wildman–Crippen MR) is 116 cm³/mol. The van der Waals surface area contributed by atoms with E-state index in [0.717, 1.165) is 42.8 Å². The van der Waals surface area contributed by atoms with Crippen LogP contribution >= 0.6 is 0 Å². The lowest BCUT2D eigenvalue weighted by molar-refractivity contribution is -0.130. The van der Waals surface area contributed by atoms with Crippen molar-refractivity contribution in [1.29, 1.82) is 0 Å². The molecule has 2 aliphatic rings. The minimum absolute atomic E-state index is 0.182. The Balaban J connectivity index is 1.49. The molecular weight excluding hydrogens is 358 g/mol. The number of para-hydroxylation sites is 2. The number of fused-ring (bicyclic) bond motifs is 1. The van der Waals surface area contributed by atoms with Gasteiger partial charge in [-0.25, -0.2) is 4.98 Å². The average Bonchev–Trinajstić information content (AvgIpc) is 3.30. The van der Waals surface area contributed by atoms with Gasteiger partial charge < -0.3 is 9.47 Å². The van der Waals surface area contributed by atoms with E-state index in [1.54, 1.807) is 0 Å². The summed E-state index contributed by atoms with van der Waals surface area (Å²) in [4.78, 5) is 20.1. The van der Waals surface area contributed by atoms with Gasteiger partial charge in [0.1, 0.15) is 5.82 Å². The molecule has 2 heterocycles.